The van der Waals surface area contributed by atoms with Crippen LogP contribution in [0.15, 0.2) is 58.6 Å². The molecule has 0 aliphatic carbocycles. The quantitative estimate of drug-likeness (QED) is 0.250. The van der Waals surface area contributed by atoms with E-state index in [0.29, 0.717) is 27.2 Å². The van der Waals surface area contributed by atoms with Crippen molar-refractivity contribution in [2.45, 2.75) is 27.7 Å². The zero-order valence-electron chi connectivity index (χ0n) is 21.4. The highest BCUT2D eigenvalue weighted by Gasteiger charge is 2.16. The summed E-state index contributed by atoms with van der Waals surface area (Å²) in [7, 11) is 1.47. The highest BCUT2D eigenvalue weighted by atomic mass is 79.9. The Morgan fingerprint density at radius 3 is 2.46 bits per heavy atom. The highest BCUT2D eigenvalue weighted by molar-refractivity contribution is 9.10. The van der Waals surface area contributed by atoms with Crippen molar-refractivity contribution in [3.63, 3.8) is 0 Å². The van der Waals surface area contributed by atoms with Gasteiger partial charge in [0.25, 0.3) is 11.8 Å². The summed E-state index contributed by atoms with van der Waals surface area (Å²) < 4.78 is 11.7. The number of nitriles is 1. The Kier molecular flexibility index (Phi) is 9.10. The number of aryl methyl sites for hydroxylation is 3. The van der Waals surface area contributed by atoms with E-state index in [1.807, 2.05) is 64.1 Å². The van der Waals surface area contributed by atoms with Gasteiger partial charge in [-0.1, -0.05) is 24.3 Å². The maximum Gasteiger partial charge on any atom is 0.266 e. The number of carbonyl (C=O) groups is 2. The number of nitrogens with one attached hydrogen (secondary N) is 2. The van der Waals surface area contributed by atoms with Crippen molar-refractivity contribution in [3.8, 4) is 17.6 Å². The highest BCUT2D eigenvalue weighted by Crippen LogP contribution is 2.37. The van der Waals surface area contributed by atoms with Gasteiger partial charge in [0.1, 0.15) is 11.6 Å². The lowest BCUT2D eigenvalue weighted by Gasteiger charge is -2.14. The summed E-state index contributed by atoms with van der Waals surface area (Å²) in [6.45, 7) is 7.49. The maximum absolute atomic E-state index is 12.8. The summed E-state index contributed by atoms with van der Waals surface area (Å²) in [5.41, 5.74) is 5.79. The van der Waals surface area contributed by atoms with E-state index in [2.05, 4.69) is 26.6 Å². The fourth-order valence-electron chi connectivity index (χ4n) is 3.55. The van der Waals surface area contributed by atoms with E-state index in [4.69, 9.17) is 9.47 Å². The number of nitrogens with zero attached hydrogens (tertiary/aromatic N) is 1. The van der Waals surface area contributed by atoms with Gasteiger partial charge in [0.05, 0.1) is 11.6 Å². The molecule has 8 heteroatoms. The first-order valence-electron chi connectivity index (χ1n) is 11.5. The predicted octanol–water partition coefficient (Wildman–Crippen LogP) is 6.25. The van der Waals surface area contributed by atoms with Crippen LogP contribution in [0.3, 0.4) is 0 Å². The number of carbonyl (C=O) groups excluding carboxylic acids is 2. The number of halogens is 1. The molecule has 3 aromatic rings. The number of rotatable bonds is 8. The Morgan fingerprint density at radius 2 is 1.76 bits per heavy atom. The van der Waals surface area contributed by atoms with Crippen molar-refractivity contribution in [2.75, 3.05) is 24.4 Å². The molecule has 3 rings (SSSR count). The summed E-state index contributed by atoms with van der Waals surface area (Å²) in [6, 6.07) is 16.7. The third-order valence-corrected chi connectivity index (χ3v) is 6.38. The van der Waals surface area contributed by atoms with Crippen LogP contribution in [0.5, 0.6) is 11.5 Å². The molecule has 2 N–H and O–H groups in total. The van der Waals surface area contributed by atoms with Crippen LogP contribution >= 0.6 is 15.9 Å². The summed E-state index contributed by atoms with van der Waals surface area (Å²) in [5, 5.41) is 15.3. The van der Waals surface area contributed by atoms with Gasteiger partial charge in [0.15, 0.2) is 18.1 Å². The van der Waals surface area contributed by atoms with Gasteiger partial charge in [-0.05, 0) is 102 Å². The van der Waals surface area contributed by atoms with Crippen LogP contribution in [0.25, 0.3) is 6.08 Å². The van der Waals surface area contributed by atoms with E-state index in [1.54, 1.807) is 18.2 Å². The third kappa shape index (κ3) is 6.99. The van der Waals surface area contributed by atoms with Gasteiger partial charge in [-0.2, -0.15) is 5.26 Å². The average molecular weight is 562 g/mol. The van der Waals surface area contributed by atoms with Crippen molar-refractivity contribution in [1.82, 2.24) is 0 Å². The Hall–Kier alpha value is -4.09. The largest absolute Gasteiger partial charge is 0.493 e. The van der Waals surface area contributed by atoms with Crippen molar-refractivity contribution in [1.29, 1.82) is 5.26 Å². The first-order chi connectivity index (χ1) is 17.6. The fraction of sp³-hybridized carbons (Fsp3) is 0.207. The Morgan fingerprint density at radius 1 is 1.00 bits per heavy atom. The van der Waals surface area contributed by atoms with Crippen LogP contribution in [0.2, 0.25) is 0 Å². The lowest BCUT2D eigenvalue weighted by atomic mass is 10.1. The molecule has 0 atom stereocenters. The van der Waals surface area contributed by atoms with Gasteiger partial charge < -0.3 is 20.1 Å². The lowest BCUT2D eigenvalue weighted by Crippen LogP contribution is -2.21. The SMILES string of the molecule is COc1cc(/C=C(/C#N)C(=O)Nc2cccc(C)c2C)cc(Br)c1OCC(=O)Nc1cc(C)ccc1C. The number of amides is 2. The number of hydrogen-bond donors (Lipinski definition) is 2. The van der Waals surface area contributed by atoms with Gasteiger partial charge in [-0.15, -0.1) is 0 Å². The molecule has 0 spiro atoms. The van der Waals surface area contributed by atoms with E-state index in [1.165, 1.54) is 13.2 Å². The first kappa shape index (κ1) is 27.5. The molecule has 3 aromatic carbocycles. The van der Waals surface area contributed by atoms with E-state index < -0.39 is 5.91 Å². The number of hydrogen-bond acceptors (Lipinski definition) is 5. The minimum absolute atomic E-state index is 0.0728. The molecule has 2 amide bonds. The molecule has 0 aromatic heterocycles. The number of methoxy groups -OCH3 is 1. The molecule has 37 heavy (non-hydrogen) atoms. The molecule has 0 fully saturated rings. The molecule has 0 radical (unpaired) electrons. The topological polar surface area (TPSA) is 100 Å². The minimum Gasteiger partial charge on any atom is -0.493 e. The molecule has 0 saturated heterocycles. The van der Waals surface area contributed by atoms with Gasteiger partial charge in [-0.25, -0.2) is 0 Å². The zero-order valence-corrected chi connectivity index (χ0v) is 22.9. The standard InChI is InChI=1S/C29H28BrN3O4/c1-17-9-10-19(3)25(11-17)32-27(34)16-37-28-23(30)13-21(14-26(28)36-5)12-22(15-31)29(35)33-24-8-6-7-18(2)20(24)4/h6-14H,16H2,1-5H3,(H,32,34)(H,33,35)/b22-12-. The fourth-order valence-corrected chi connectivity index (χ4v) is 4.12. The summed E-state index contributed by atoms with van der Waals surface area (Å²) >= 11 is 3.45. The first-order valence-corrected chi connectivity index (χ1v) is 12.3. The Balaban J connectivity index is 1.77. The van der Waals surface area contributed by atoms with Crippen molar-refractivity contribution in [2.24, 2.45) is 0 Å². The molecule has 0 aliphatic rings. The monoisotopic (exact) mass is 561 g/mol. The maximum atomic E-state index is 12.8. The molecule has 0 unspecified atom stereocenters. The van der Waals surface area contributed by atoms with Gasteiger partial charge in [0.2, 0.25) is 0 Å². The summed E-state index contributed by atoms with van der Waals surface area (Å²) in [4.78, 5) is 25.3. The second-order valence-corrected chi connectivity index (χ2v) is 9.42. The van der Waals surface area contributed by atoms with Gasteiger partial charge in [0, 0.05) is 11.4 Å². The van der Waals surface area contributed by atoms with Crippen LogP contribution in [0.4, 0.5) is 11.4 Å². The summed E-state index contributed by atoms with van der Waals surface area (Å²) in [6.07, 6.45) is 1.46. The Labute approximate surface area is 225 Å². The van der Waals surface area contributed by atoms with Crippen LogP contribution in [0, 0.1) is 39.0 Å². The second kappa shape index (κ2) is 12.2. The molecule has 0 saturated carbocycles. The van der Waals surface area contributed by atoms with Gasteiger partial charge >= 0.3 is 0 Å². The third-order valence-electron chi connectivity index (χ3n) is 5.80. The smallest absolute Gasteiger partial charge is 0.266 e. The minimum atomic E-state index is -0.519. The molecule has 190 valence electrons. The van der Waals surface area contributed by atoms with E-state index >= 15 is 0 Å². The van der Waals surface area contributed by atoms with Crippen LogP contribution in [0.1, 0.15) is 27.8 Å². The number of anilines is 2. The van der Waals surface area contributed by atoms with E-state index in [0.717, 1.165) is 27.9 Å². The van der Waals surface area contributed by atoms with Crippen molar-refractivity contribution < 1.29 is 19.1 Å². The molecular weight excluding hydrogens is 534 g/mol. The number of ether oxygens (including phenoxy) is 2. The molecule has 0 aliphatic heterocycles. The van der Waals surface area contributed by atoms with Crippen molar-refractivity contribution >= 4 is 45.2 Å². The van der Waals surface area contributed by atoms with Crippen LogP contribution in [-0.2, 0) is 9.59 Å². The van der Waals surface area contributed by atoms with Crippen molar-refractivity contribution in [3.05, 3.63) is 86.4 Å². The Bertz CT molecular complexity index is 1420. The molecule has 0 bridgehead atoms. The summed E-state index contributed by atoms with van der Waals surface area (Å²) in [5.74, 6) is -0.169. The molecule has 7 nitrogen and oxygen atoms in total. The molecular formula is C29H28BrN3O4. The average Bonchev–Trinajstić information content (AvgIpc) is 2.86. The zero-order chi connectivity index (χ0) is 27.1. The predicted molar refractivity (Wildman–Crippen MR) is 149 cm³/mol. The van der Waals surface area contributed by atoms with E-state index in [-0.39, 0.29) is 18.1 Å². The normalized spacial score (nSPS) is 10.9. The second-order valence-electron chi connectivity index (χ2n) is 8.56. The van der Waals surface area contributed by atoms with Crippen LogP contribution in [-0.4, -0.2) is 25.5 Å². The number of benzene rings is 3. The van der Waals surface area contributed by atoms with E-state index in [9.17, 15) is 14.9 Å². The van der Waals surface area contributed by atoms with Crippen LogP contribution < -0.4 is 20.1 Å². The molecule has 0 heterocycles. The van der Waals surface area contributed by atoms with Gasteiger partial charge in [-0.3, -0.25) is 9.59 Å². The lowest BCUT2D eigenvalue weighted by molar-refractivity contribution is -0.118.